The molecule has 1 amide bonds. The first-order valence-electron chi connectivity index (χ1n) is 5.65. The molecule has 0 saturated heterocycles. The second kappa shape index (κ2) is 5.17. The van der Waals surface area contributed by atoms with Crippen molar-refractivity contribution in [2.24, 2.45) is 0 Å². The van der Waals surface area contributed by atoms with E-state index >= 15 is 0 Å². The predicted octanol–water partition coefficient (Wildman–Crippen LogP) is 3.20. The summed E-state index contributed by atoms with van der Waals surface area (Å²) in [4.78, 5) is 16.4. The monoisotopic (exact) mass is 336 g/mol. The molecule has 0 aliphatic carbocycles. The molecule has 0 radical (unpaired) electrons. The minimum atomic E-state index is -0.125. The molecule has 0 spiro atoms. The summed E-state index contributed by atoms with van der Waals surface area (Å²) in [5.74, 6) is -0.125. The second-order valence-electron chi connectivity index (χ2n) is 3.95. The van der Waals surface area contributed by atoms with Crippen LogP contribution in [0.2, 0.25) is 5.02 Å². The third kappa shape index (κ3) is 2.71. The van der Waals surface area contributed by atoms with Gasteiger partial charge in [-0.1, -0.05) is 0 Å². The third-order valence-electron chi connectivity index (χ3n) is 2.61. The number of benzene rings is 2. The van der Waals surface area contributed by atoms with Crippen molar-refractivity contribution in [3.63, 3.8) is 0 Å². The van der Waals surface area contributed by atoms with Crippen molar-refractivity contribution in [1.82, 2.24) is 4.98 Å². The van der Waals surface area contributed by atoms with Gasteiger partial charge in [0.25, 0.3) is 0 Å². The van der Waals surface area contributed by atoms with E-state index in [1.165, 1.54) is 0 Å². The molecule has 0 unspecified atom stereocenters. The Labute approximate surface area is 121 Å². The van der Waals surface area contributed by atoms with Gasteiger partial charge in [0.05, 0.1) is 0 Å². The van der Waals surface area contributed by atoms with Crippen LogP contribution in [0.5, 0.6) is 0 Å². The molecule has 1 aromatic heterocycles. The summed E-state index contributed by atoms with van der Waals surface area (Å²) in [6.07, 6.45) is 0. The molecule has 1 N–H and O–H groups in total. The number of hydrogen-bond donors (Lipinski definition) is 1. The van der Waals surface area contributed by atoms with Crippen molar-refractivity contribution in [3.05, 3.63) is 59.1 Å². The summed E-state index contributed by atoms with van der Waals surface area (Å²) >= 11 is 5.96. The molecule has 2 aromatic carbocycles. The maximum absolute atomic E-state index is 12.0. The molecule has 3 rings (SSSR count). The van der Waals surface area contributed by atoms with Gasteiger partial charge in [-0.2, -0.15) is 0 Å². The Balaban J connectivity index is 1.87. The predicted molar refractivity (Wildman–Crippen MR) is 78.1 cm³/mol. The molecule has 5 heteroatoms. The zero-order valence-electron chi connectivity index (χ0n) is 9.76. The van der Waals surface area contributed by atoms with Gasteiger partial charge in [-0.15, -0.1) is 0 Å². The molecule has 0 atom stereocenters. The number of fused-ring (bicyclic) bond motifs is 1. The van der Waals surface area contributed by atoms with E-state index in [1.807, 2.05) is 36.4 Å². The number of amides is 1. The van der Waals surface area contributed by atoms with Crippen molar-refractivity contribution in [2.45, 2.75) is 0 Å². The number of anilines is 1. The molecule has 0 aliphatic heterocycles. The molecule has 19 heavy (non-hydrogen) atoms. The van der Waals surface area contributed by atoms with Crippen molar-refractivity contribution < 1.29 is 4.79 Å². The van der Waals surface area contributed by atoms with Gasteiger partial charge < -0.3 is 0 Å². The van der Waals surface area contributed by atoms with E-state index in [0.717, 1.165) is 14.5 Å². The van der Waals surface area contributed by atoms with Crippen molar-refractivity contribution in [2.75, 3.05) is 5.32 Å². The van der Waals surface area contributed by atoms with Gasteiger partial charge in [-0.25, -0.2) is 0 Å². The average Bonchev–Trinajstić information content (AvgIpc) is 2.81. The summed E-state index contributed by atoms with van der Waals surface area (Å²) in [7, 11) is 0. The SMILES string of the molecule is O=C(Nc1nc2cc(Cl)ccc2[se]1)c1ccccc1. The zero-order valence-corrected chi connectivity index (χ0v) is 12.2. The van der Waals surface area contributed by atoms with E-state index in [0.29, 0.717) is 10.6 Å². The van der Waals surface area contributed by atoms with Crippen LogP contribution >= 0.6 is 11.6 Å². The first kappa shape index (κ1) is 12.4. The number of carbonyl (C=O) groups excluding carboxylic acids is 1. The quantitative estimate of drug-likeness (QED) is 0.731. The molecule has 1 heterocycles. The molecule has 0 bridgehead atoms. The summed E-state index contributed by atoms with van der Waals surface area (Å²) in [6, 6.07) is 14.7. The van der Waals surface area contributed by atoms with Crippen LogP contribution in [0.4, 0.5) is 4.69 Å². The normalized spacial score (nSPS) is 10.6. The van der Waals surface area contributed by atoms with Gasteiger partial charge in [-0.05, 0) is 0 Å². The Morgan fingerprint density at radius 3 is 2.74 bits per heavy atom. The van der Waals surface area contributed by atoms with Gasteiger partial charge >= 0.3 is 121 Å². The number of nitrogens with zero attached hydrogens (tertiary/aromatic N) is 1. The minimum absolute atomic E-state index is 0.0321. The molecular formula is C14H9ClN2OSe. The fraction of sp³-hybridized carbons (Fsp3) is 0. The van der Waals surface area contributed by atoms with E-state index in [4.69, 9.17) is 11.6 Å². The van der Waals surface area contributed by atoms with Crippen molar-refractivity contribution in [1.29, 1.82) is 0 Å². The summed E-state index contributed by atoms with van der Waals surface area (Å²) in [5, 5.41) is 3.52. The standard InChI is InChI=1S/C14H9ClN2OSe/c15-10-6-7-12-11(8-10)16-14(19-12)17-13(18)9-4-2-1-3-5-9/h1-8H,(H,16,17,18). The van der Waals surface area contributed by atoms with Crippen LogP contribution in [0.3, 0.4) is 0 Å². The summed E-state index contributed by atoms with van der Waals surface area (Å²) in [6.45, 7) is 0. The van der Waals surface area contributed by atoms with Gasteiger partial charge in [0.2, 0.25) is 0 Å². The number of aromatic nitrogens is 1. The molecule has 0 aliphatic rings. The van der Waals surface area contributed by atoms with Crippen LogP contribution < -0.4 is 5.32 Å². The summed E-state index contributed by atoms with van der Waals surface area (Å²) in [5.41, 5.74) is 1.49. The van der Waals surface area contributed by atoms with E-state index < -0.39 is 0 Å². The van der Waals surface area contributed by atoms with Gasteiger partial charge in [-0.3, -0.25) is 0 Å². The topological polar surface area (TPSA) is 42.0 Å². The van der Waals surface area contributed by atoms with Crippen molar-refractivity contribution in [3.8, 4) is 0 Å². The van der Waals surface area contributed by atoms with Crippen LogP contribution in [0.15, 0.2) is 48.5 Å². The number of nitrogens with one attached hydrogen (secondary N) is 1. The Morgan fingerprint density at radius 2 is 1.95 bits per heavy atom. The third-order valence-corrected chi connectivity index (χ3v) is 4.84. The van der Waals surface area contributed by atoms with E-state index in [9.17, 15) is 4.79 Å². The van der Waals surface area contributed by atoms with Crippen LogP contribution in [0.1, 0.15) is 10.4 Å². The maximum atomic E-state index is 12.0. The van der Waals surface area contributed by atoms with Gasteiger partial charge in [0, 0.05) is 0 Å². The first-order valence-corrected chi connectivity index (χ1v) is 7.74. The molecular weight excluding hydrogens is 327 g/mol. The van der Waals surface area contributed by atoms with E-state index in [1.54, 1.807) is 12.1 Å². The second-order valence-corrected chi connectivity index (χ2v) is 6.55. The van der Waals surface area contributed by atoms with Crippen LogP contribution in [-0.2, 0) is 0 Å². The number of carbonyl (C=O) groups is 1. The van der Waals surface area contributed by atoms with E-state index in [-0.39, 0.29) is 20.4 Å². The Kier molecular flexibility index (Phi) is 3.38. The molecule has 94 valence electrons. The van der Waals surface area contributed by atoms with E-state index in [2.05, 4.69) is 10.3 Å². The number of hydrogen-bond acceptors (Lipinski definition) is 2. The van der Waals surface area contributed by atoms with Crippen molar-refractivity contribution >= 4 is 46.5 Å². The average molecular weight is 336 g/mol. The molecule has 3 nitrogen and oxygen atoms in total. The van der Waals surface area contributed by atoms with Gasteiger partial charge in [0.1, 0.15) is 0 Å². The van der Waals surface area contributed by atoms with Crippen LogP contribution in [0, 0.1) is 0 Å². The van der Waals surface area contributed by atoms with Crippen LogP contribution in [-0.4, -0.2) is 25.4 Å². The molecule has 3 aromatic rings. The Hall–Kier alpha value is -1.61. The zero-order chi connectivity index (χ0) is 13.2. The van der Waals surface area contributed by atoms with Crippen LogP contribution in [0.25, 0.3) is 9.78 Å². The summed E-state index contributed by atoms with van der Waals surface area (Å²) < 4.78 is 1.86. The first-order chi connectivity index (χ1) is 9.22. The fourth-order valence-electron chi connectivity index (χ4n) is 1.71. The number of rotatable bonds is 2. The Bertz CT molecular complexity index is 740. The van der Waals surface area contributed by atoms with Gasteiger partial charge in [0.15, 0.2) is 0 Å². The Morgan fingerprint density at radius 1 is 1.16 bits per heavy atom. The fourth-order valence-corrected chi connectivity index (χ4v) is 3.64. The molecule has 0 fully saturated rings. The molecule has 0 saturated carbocycles. The number of halogens is 1.